The zero-order valence-corrected chi connectivity index (χ0v) is 10.5. The molecule has 0 aromatic heterocycles. The summed E-state index contributed by atoms with van der Waals surface area (Å²) in [6.45, 7) is 4.93. The molecule has 1 heterocycles. The summed E-state index contributed by atoms with van der Waals surface area (Å²) in [5, 5.41) is 0. The van der Waals surface area contributed by atoms with Crippen LogP contribution in [0.3, 0.4) is 0 Å². The molecule has 3 nitrogen and oxygen atoms in total. The highest BCUT2D eigenvalue weighted by Gasteiger charge is 2.21. The molecule has 1 unspecified atom stereocenters. The maximum Gasteiger partial charge on any atom is 0.150 e. The van der Waals surface area contributed by atoms with Crippen LogP contribution in [0.2, 0.25) is 0 Å². The summed E-state index contributed by atoms with van der Waals surface area (Å²) in [6.07, 6.45) is 2.40. The van der Waals surface area contributed by atoms with Gasteiger partial charge in [-0.05, 0) is 30.5 Å². The van der Waals surface area contributed by atoms with Gasteiger partial charge in [0.25, 0.3) is 0 Å². The third-order valence-electron chi connectivity index (χ3n) is 3.44. The third-order valence-corrected chi connectivity index (χ3v) is 3.44. The quantitative estimate of drug-likeness (QED) is 0.745. The van der Waals surface area contributed by atoms with Gasteiger partial charge in [-0.3, -0.25) is 9.69 Å². The molecule has 17 heavy (non-hydrogen) atoms. The summed E-state index contributed by atoms with van der Waals surface area (Å²) in [5.74, 6) is 0. The summed E-state index contributed by atoms with van der Waals surface area (Å²) >= 11 is 0. The maximum absolute atomic E-state index is 10.9. The second-order valence-corrected chi connectivity index (χ2v) is 4.69. The Hall–Kier alpha value is -1.19. The van der Waals surface area contributed by atoms with E-state index in [0.717, 1.165) is 43.5 Å². The molecule has 0 spiro atoms. The number of carbonyl (C=O) groups is 1. The molecule has 92 valence electrons. The fourth-order valence-corrected chi connectivity index (χ4v) is 2.31. The minimum Gasteiger partial charge on any atom is -0.380 e. The van der Waals surface area contributed by atoms with Crippen LogP contribution in [-0.4, -0.2) is 37.5 Å². The number of hydrogen-bond acceptors (Lipinski definition) is 3. The number of methoxy groups -OCH3 is 1. The first kappa shape index (κ1) is 12.3. The van der Waals surface area contributed by atoms with Crippen LogP contribution in [0.4, 0.5) is 0 Å². The molecule has 1 aromatic rings. The fraction of sp³-hybridized carbons (Fsp3) is 0.500. The van der Waals surface area contributed by atoms with Gasteiger partial charge in [0.1, 0.15) is 6.29 Å². The monoisotopic (exact) mass is 233 g/mol. The molecular formula is C14H19NO2. The van der Waals surface area contributed by atoms with Gasteiger partial charge in [0.05, 0.1) is 6.10 Å². The van der Waals surface area contributed by atoms with Crippen molar-refractivity contribution >= 4 is 6.29 Å². The molecule has 0 saturated carbocycles. The number of hydrogen-bond donors (Lipinski definition) is 0. The summed E-state index contributed by atoms with van der Waals surface area (Å²) in [6, 6.07) is 6.11. The van der Waals surface area contributed by atoms with E-state index in [9.17, 15) is 4.79 Å². The number of likely N-dealkylation sites (tertiary alicyclic amines) is 1. The Kier molecular flexibility index (Phi) is 3.92. The smallest absolute Gasteiger partial charge is 0.150 e. The van der Waals surface area contributed by atoms with Crippen LogP contribution in [0.25, 0.3) is 0 Å². The van der Waals surface area contributed by atoms with Crippen LogP contribution >= 0.6 is 0 Å². The van der Waals surface area contributed by atoms with E-state index < -0.39 is 0 Å². The molecule has 0 radical (unpaired) electrons. The van der Waals surface area contributed by atoms with Crippen LogP contribution in [0.15, 0.2) is 18.2 Å². The minimum absolute atomic E-state index is 0.367. The first-order chi connectivity index (χ1) is 8.22. The molecular weight excluding hydrogens is 214 g/mol. The molecule has 1 aliphatic rings. The Balaban J connectivity index is 2.02. The van der Waals surface area contributed by atoms with Crippen molar-refractivity contribution in [1.82, 2.24) is 4.90 Å². The molecule has 0 bridgehead atoms. The van der Waals surface area contributed by atoms with Crippen molar-refractivity contribution in [1.29, 1.82) is 0 Å². The van der Waals surface area contributed by atoms with Gasteiger partial charge in [0.2, 0.25) is 0 Å². The Morgan fingerprint density at radius 2 is 2.35 bits per heavy atom. The van der Waals surface area contributed by atoms with Crippen molar-refractivity contribution in [3.63, 3.8) is 0 Å². The zero-order chi connectivity index (χ0) is 12.3. The summed E-state index contributed by atoms with van der Waals surface area (Å²) < 4.78 is 5.35. The summed E-state index contributed by atoms with van der Waals surface area (Å²) in [7, 11) is 1.77. The van der Waals surface area contributed by atoms with E-state index in [-0.39, 0.29) is 0 Å². The Morgan fingerprint density at radius 3 is 3.00 bits per heavy atom. The van der Waals surface area contributed by atoms with Crippen LogP contribution < -0.4 is 0 Å². The molecule has 1 aliphatic heterocycles. The van der Waals surface area contributed by atoms with Gasteiger partial charge in [-0.1, -0.05) is 12.1 Å². The van der Waals surface area contributed by atoms with E-state index in [1.54, 1.807) is 7.11 Å². The van der Waals surface area contributed by atoms with Crippen LogP contribution in [-0.2, 0) is 11.3 Å². The molecule has 0 aliphatic carbocycles. The lowest BCUT2D eigenvalue weighted by atomic mass is 10.1. The van der Waals surface area contributed by atoms with Gasteiger partial charge in [0.15, 0.2) is 0 Å². The van der Waals surface area contributed by atoms with E-state index >= 15 is 0 Å². The van der Waals surface area contributed by atoms with Gasteiger partial charge >= 0.3 is 0 Å². The molecule has 1 saturated heterocycles. The number of aryl methyl sites for hydroxylation is 1. The summed E-state index contributed by atoms with van der Waals surface area (Å²) in [5.41, 5.74) is 3.04. The molecule has 3 heteroatoms. The largest absolute Gasteiger partial charge is 0.380 e. The maximum atomic E-state index is 10.9. The van der Waals surface area contributed by atoms with Crippen molar-refractivity contribution in [3.05, 3.63) is 34.9 Å². The van der Waals surface area contributed by atoms with Crippen molar-refractivity contribution in [2.24, 2.45) is 0 Å². The first-order valence-corrected chi connectivity index (χ1v) is 6.03. The van der Waals surface area contributed by atoms with E-state index in [0.29, 0.717) is 6.10 Å². The highest BCUT2D eigenvalue weighted by atomic mass is 16.5. The SMILES string of the molecule is COC1CCN(Cc2ccc(C)c(C=O)c2)C1. The van der Waals surface area contributed by atoms with Gasteiger partial charge in [-0.2, -0.15) is 0 Å². The number of rotatable bonds is 4. The van der Waals surface area contributed by atoms with Gasteiger partial charge in [-0.25, -0.2) is 0 Å². The predicted octanol–water partition coefficient (Wildman–Crippen LogP) is 2.03. The number of benzene rings is 1. The standard InChI is InChI=1S/C14H19NO2/c1-11-3-4-12(7-13(11)10-16)8-15-6-5-14(9-15)17-2/h3-4,7,10,14H,5-6,8-9H2,1-2H3. The van der Waals surface area contributed by atoms with E-state index in [1.807, 2.05) is 19.1 Å². The Labute approximate surface area is 102 Å². The average molecular weight is 233 g/mol. The highest BCUT2D eigenvalue weighted by Crippen LogP contribution is 2.17. The highest BCUT2D eigenvalue weighted by molar-refractivity contribution is 5.77. The van der Waals surface area contributed by atoms with E-state index in [1.165, 1.54) is 5.56 Å². The second kappa shape index (κ2) is 5.43. The lowest BCUT2D eigenvalue weighted by molar-refractivity contribution is 0.107. The van der Waals surface area contributed by atoms with Crippen molar-refractivity contribution < 1.29 is 9.53 Å². The normalized spacial score (nSPS) is 20.7. The second-order valence-electron chi connectivity index (χ2n) is 4.69. The lowest BCUT2D eigenvalue weighted by Crippen LogP contribution is -2.22. The van der Waals surface area contributed by atoms with Crippen molar-refractivity contribution in [2.75, 3.05) is 20.2 Å². The van der Waals surface area contributed by atoms with Crippen molar-refractivity contribution in [3.8, 4) is 0 Å². The Morgan fingerprint density at radius 1 is 1.53 bits per heavy atom. The number of nitrogens with zero attached hydrogens (tertiary/aromatic N) is 1. The minimum atomic E-state index is 0.367. The number of aldehydes is 1. The molecule has 1 atom stereocenters. The van der Waals surface area contributed by atoms with Crippen LogP contribution in [0.1, 0.15) is 27.9 Å². The number of carbonyl (C=O) groups excluding carboxylic acids is 1. The van der Waals surface area contributed by atoms with E-state index in [2.05, 4.69) is 11.0 Å². The fourth-order valence-electron chi connectivity index (χ4n) is 2.31. The van der Waals surface area contributed by atoms with Crippen LogP contribution in [0.5, 0.6) is 0 Å². The van der Waals surface area contributed by atoms with Crippen LogP contribution in [0, 0.1) is 6.92 Å². The molecule has 2 rings (SSSR count). The molecule has 0 N–H and O–H groups in total. The number of ether oxygens (including phenoxy) is 1. The molecule has 0 amide bonds. The third kappa shape index (κ3) is 2.93. The van der Waals surface area contributed by atoms with Gasteiger partial charge in [-0.15, -0.1) is 0 Å². The lowest BCUT2D eigenvalue weighted by Gasteiger charge is -2.16. The molecule has 1 aromatic carbocycles. The van der Waals surface area contributed by atoms with E-state index in [4.69, 9.17) is 4.74 Å². The Bertz CT molecular complexity index is 403. The average Bonchev–Trinajstić information content (AvgIpc) is 2.79. The van der Waals surface area contributed by atoms with Gasteiger partial charge < -0.3 is 4.74 Å². The topological polar surface area (TPSA) is 29.5 Å². The van der Waals surface area contributed by atoms with Gasteiger partial charge in [0, 0.05) is 32.3 Å². The van der Waals surface area contributed by atoms with Crippen molar-refractivity contribution in [2.45, 2.75) is 26.0 Å². The first-order valence-electron chi connectivity index (χ1n) is 6.03. The molecule has 1 fully saturated rings. The zero-order valence-electron chi connectivity index (χ0n) is 10.5. The predicted molar refractivity (Wildman–Crippen MR) is 67.3 cm³/mol. The summed E-state index contributed by atoms with van der Waals surface area (Å²) in [4.78, 5) is 13.2.